The number of hydrogen-bond acceptors (Lipinski definition) is 6. The SMILES string of the molecule is Cn1ncc(CN2CCN(c3ccc4ncncc4c3)CC2)n1. The Morgan fingerprint density at radius 1 is 1.09 bits per heavy atom. The summed E-state index contributed by atoms with van der Waals surface area (Å²) in [5.74, 6) is 0. The summed E-state index contributed by atoms with van der Waals surface area (Å²) in [6, 6.07) is 6.39. The zero-order chi connectivity index (χ0) is 15.6. The molecule has 1 saturated heterocycles. The lowest BCUT2D eigenvalue weighted by Crippen LogP contribution is -2.46. The number of nitrogens with zero attached hydrogens (tertiary/aromatic N) is 7. The molecule has 118 valence electrons. The van der Waals surface area contributed by atoms with E-state index in [1.54, 1.807) is 11.1 Å². The smallest absolute Gasteiger partial charge is 0.116 e. The maximum atomic E-state index is 4.35. The molecule has 0 N–H and O–H groups in total. The summed E-state index contributed by atoms with van der Waals surface area (Å²) in [5.41, 5.74) is 3.26. The molecule has 0 unspecified atom stereocenters. The first-order valence-electron chi connectivity index (χ1n) is 7.80. The molecule has 0 bridgehead atoms. The summed E-state index contributed by atoms with van der Waals surface area (Å²) >= 11 is 0. The minimum Gasteiger partial charge on any atom is -0.369 e. The Bertz CT molecular complexity index is 805. The summed E-state index contributed by atoms with van der Waals surface area (Å²) in [5, 5.41) is 9.57. The van der Waals surface area contributed by atoms with Gasteiger partial charge in [0.05, 0.1) is 17.4 Å². The molecule has 0 atom stereocenters. The molecule has 1 aromatic carbocycles. The number of benzene rings is 1. The first-order chi connectivity index (χ1) is 11.3. The van der Waals surface area contributed by atoms with E-state index in [2.05, 4.69) is 48.2 Å². The van der Waals surface area contributed by atoms with Crippen LogP contribution >= 0.6 is 0 Å². The van der Waals surface area contributed by atoms with E-state index in [1.165, 1.54) is 5.69 Å². The van der Waals surface area contributed by atoms with Crippen molar-refractivity contribution in [3.8, 4) is 0 Å². The Balaban J connectivity index is 1.42. The monoisotopic (exact) mass is 309 g/mol. The van der Waals surface area contributed by atoms with Gasteiger partial charge in [0.1, 0.15) is 6.33 Å². The van der Waals surface area contributed by atoms with Crippen LogP contribution in [0, 0.1) is 0 Å². The fraction of sp³-hybridized carbons (Fsp3) is 0.375. The predicted molar refractivity (Wildman–Crippen MR) is 88.0 cm³/mol. The molecule has 3 aromatic rings. The highest BCUT2D eigenvalue weighted by molar-refractivity contribution is 5.81. The van der Waals surface area contributed by atoms with Gasteiger partial charge in [0.15, 0.2) is 0 Å². The first kappa shape index (κ1) is 14.1. The molecule has 1 aliphatic heterocycles. The Morgan fingerprint density at radius 3 is 2.74 bits per heavy atom. The molecule has 1 fully saturated rings. The maximum absolute atomic E-state index is 4.35. The third-order valence-corrected chi connectivity index (χ3v) is 4.26. The number of piperazine rings is 1. The second-order valence-electron chi connectivity index (χ2n) is 5.85. The lowest BCUT2D eigenvalue weighted by atomic mass is 10.2. The number of aryl methyl sites for hydroxylation is 1. The minimum absolute atomic E-state index is 0.868. The summed E-state index contributed by atoms with van der Waals surface area (Å²) in [6.07, 6.45) is 5.30. The van der Waals surface area contributed by atoms with Crippen LogP contribution in [0.5, 0.6) is 0 Å². The maximum Gasteiger partial charge on any atom is 0.116 e. The molecule has 23 heavy (non-hydrogen) atoms. The van der Waals surface area contributed by atoms with Crippen molar-refractivity contribution in [2.24, 2.45) is 7.05 Å². The Kier molecular flexibility index (Phi) is 3.63. The summed E-state index contributed by atoms with van der Waals surface area (Å²) in [7, 11) is 1.85. The van der Waals surface area contributed by atoms with Crippen molar-refractivity contribution in [2.75, 3.05) is 31.1 Å². The second-order valence-corrected chi connectivity index (χ2v) is 5.85. The molecule has 7 heteroatoms. The van der Waals surface area contributed by atoms with Crippen LogP contribution in [-0.4, -0.2) is 56.0 Å². The molecule has 4 rings (SSSR count). The average molecular weight is 309 g/mol. The largest absolute Gasteiger partial charge is 0.369 e. The van der Waals surface area contributed by atoms with E-state index in [9.17, 15) is 0 Å². The lowest BCUT2D eigenvalue weighted by Gasteiger charge is -2.35. The van der Waals surface area contributed by atoms with E-state index in [0.717, 1.165) is 49.3 Å². The lowest BCUT2D eigenvalue weighted by molar-refractivity contribution is 0.246. The van der Waals surface area contributed by atoms with Crippen LogP contribution in [0.15, 0.2) is 36.9 Å². The molecule has 0 saturated carbocycles. The second kappa shape index (κ2) is 5.92. The van der Waals surface area contributed by atoms with Gasteiger partial charge in [-0.1, -0.05) is 0 Å². The summed E-state index contributed by atoms with van der Waals surface area (Å²) in [4.78, 5) is 14.8. The van der Waals surface area contributed by atoms with Gasteiger partial charge in [0, 0.05) is 57.0 Å². The Morgan fingerprint density at radius 2 is 1.96 bits per heavy atom. The van der Waals surface area contributed by atoms with Gasteiger partial charge in [0.2, 0.25) is 0 Å². The van der Waals surface area contributed by atoms with E-state index in [0.29, 0.717) is 0 Å². The van der Waals surface area contributed by atoms with Crippen molar-refractivity contribution in [2.45, 2.75) is 6.54 Å². The van der Waals surface area contributed by atoms with E-state index < -0.39 is 0 Å². The molecule has 7 nitrogen and oxygen atoms in total. The topological polar surface area (TPSA) is 63.0 Å². The van der Waals surface area contributed by atoms with E-state index in [1.807, 2.05) is 19.4 Å². The normalized spacial score (nSPS) is 16.1. The quantitative estimate of drug-likeness (QED) is 0.721. The summed E-state index contributed by atoms with van der Waals surface area (Å²) < 4.78 is 0. The zero-order valence-corrected chi connectivity index (χ0v) is 13.1. The van der Waals surface area contributed by atoms with Gasteiger partial charge in [-0.2, -0.15) is 15.0 Å². The van der Waals surface area contributed by atoms with Crippen LogP contribution < -0.4 is 4.90 Å². The third kappa shape index (κ3) is 3.00. The van der Waals surface area contributed by atoms with Crippen LogP contribution in [-0.2, 0) is 13.6 Å². The van der Waals surface area contributed by atoms with Crippen molar-refractivity contribution >= 4 is 16.6 Å². The van der Waals surface area contributed by atoms with Gasteiger partial charge < -0.3 is 4.90 Å². The number of rotatable bonds is 3. The Labute approximate surface area is 134 Å². The van der Waals surface area contributed by atoms with Crippen molar-refractivity contribution in [3.63, 3.8) is 0 Å². The molecule has 0 aliphatic carbocycles. The van der Waals surface area contributed by atoms with Gasteiger partial charge in [-0.05, 0) is 18.2 Å². The molecule has 0 amide bonds. The van der Waals surface area contributed by atoms with Crippen LogP contribution in [0.1, 0.15) is 5.69 Å². The molecular formula is C16H19N7. The predicted octanol–water partition coefficient (Wildman–Crippen LogP) is 1.08. The average Bonchev–Trinajstić information content (AvgIpc) is 3.00. The minimum atomic E-state index is 0.868. The van der Waals surface area contributed by atoms with Crippen molar-refractivity contribution in [1.29, 1.82) is 0 Å². The van der Waals surface area contributed by atoms with Crippen LogP contribution in [0.25, 0.3) is 10.9 Å². The molecule has 2 aromatic heterocycles. The zero-order valence-electron chi connectivity index (χ0n) is 13.1. The number of fused-ring (bicyclic) bond motifs is 1. The van der Waals surface area contributed by atoms with Gasteiger partial charge in [-0.25, -0.2) is 9.97 Å². The highest BCUT2D eigenvalue weighted by Crippen LogP contribution is 2.21. The molecule has 0 radical (unpaired) electrons. The van der Waals surface area contributed by atoms with Crippen LogP contribution in [0.4, 0.5) is 5.69 Å². The highest BCUT2D eigenvalue weighted by atomic mass is 15.5. The molecule has 1 aliphatic rings. The van der Waals surface area contributed by atoms with E-state index in [-0.39, 0.29) is 0 Å². The molecule has 0 spiro atoms. The standard InChI is InChI=1S/C16H19N7/c1-21-19-10-14(20-21)11-22-4-6-23(7-5-22)15-2-3-16-13(8-15)9-17-12-18-16/h2-3,8-10,12H,4-7,11H2,1H3. The van der Waals surface area contributed by atoms with Crippen LogP contribution in [0.3, 0.4) is 0 Å². The van der Waals surface area contributed by atoms with Gasteiger partial charge >= 0.3 is 0 Å². The number of hydrogen-bond donors (Lipinski definition) is 0. The van der Waals surface area contributed by atoms with Crippen molar-refractivity contribution in [1.82, 2.24) is 29.9 Å². The van der Waals surface area contributed by atoms with Crippen molar-refractivity contribution < 1.29 is 0 Å². The number of aromatic nitrogens is 5. The summed E-state index contributed by atoms with van der Waals surface area (Å²) in [6.45, 7) is 4.95. The van der Waals surface area contributed by atoms with Crippen molar-refractivity contribution in [3.05, 3.63) is 42.6 Å². The highest BCUT2D eigenvalue weighted by Gasteiger charge is 2.18. The van der Waals surface area contributed by atoms with Gasteiger partial charge in [0.25, 0.3) is 0 Å². The number of anilines is 1. The molecule has 3 heterocycles. The van der Waals surface area contributed by atoms with E-state index >= 15 is 0 Å². The van der Waals surface area contributed by atoms with Gasteiger partial charge in [-0.3, -0.25) is 4.90 Å². The Hall–Kier alpha value is -2.54. The fourth-order valence-corrected chi connectivity index (χ4v) is 3.02. The van der Waals surface area contributed by atoms with Crippen LogP contribution in [0.2, 0.25) is 0 Å². The fourth-order valence-electron chi connectivity index (χ4n) is 3.02. The van der Waals surface area contributed by atoms with Gasteiger partial charge in [-0.15, -0.1) is 0 Å². The third-order valence-electron chi connectivity index (χ3n) is 4.26. The molecular weight excluding hydrogens is 290 g/mol. The first-order valence-corrected chi connectivity index (χ1v) is 7.80. The van der Waals surface area contributed by atoms with E-state index in [4.69, 9.17) is 0 Å².